The Kier molecular flexibility index (Phi) is 17.3. The maximum absolute atomic E-state index is 11.6. The molecule has 0 radical (unpaired) electrons. The smallest absolute Gasteiger partial charge is 0.475 e. The summed E-state index contributed by atoms with van der Waals surface area (Å²) in [6, 6.07) is 0.636. The Labute approximate surface area is 232 Å². The quantitative estimate of drug-likeness (QED) is 0.366. The number of alkyl carbamates (subject to hydrolysis) is 1. The molecule has 0 bridgehead atoms. The van der Waals surface area contributed by atoms with Crippen molar-refractivity contribution in [2.24, 2.45) is 17.6 Å². The lowest BCUT2D eigenvalue weighted by Crippen LogP contribution is -2.41. The standard InChI is InChI=1S/C14H25NO3S.C9H17NOS.C2HF3O2/c1-10(16)19-9-11-5-7-12(8-6-11)15-13(17)18-14(2,3)4;1-7(11)12-6-8-2-4-9(10)5-3-8;3-2(4,5)1(6)7/h11-12H,5-9H2,1-4H3,(H,15,17);8-9H,2-6,10H2,1H3;(H,6,7). The molecule has 8 nitrogen and oxygen atoms in total. The Morgan fingerprint density at radius 2 is 1.21 bits per heavy atom. The number of nitrogens with two attached hydrogens (primary N) is 1. The highest BCUT2D eigenvalue weighted by Crippen LogP contribution is 2.28. The minimum absolute atomic E-state index is 0.189. The van der Waals surface area contributed by atoms with Gasteiger partial charge in [-0.15, -0.1) is 0 Å². The van der Waals surface area contributed by atoms with Crippen LogP contribution in [-0.4, -0.2) is 62.8 Å². The molecule has 38 heavy (non-hydrogen) atoms. The van der Waals surface area contributed by atoms with Gasteiger partial charge in [-0.2, -0.15) is 13.2 Å². The van der Waals surface area contributed by atoms with Crippen LogP contribution in [0.1, 0.15) is 86.0 Å². The molecule has 2 rings (SSSR count). The van der Waals surface area contributed by atoms with Crippen molar-refractivity contribution in [3.05, 3.63) is 0 Å². The van der Waals surface area contributed by atoms with Crippen molar-refractivity contribution in [2.45, 2.75) is 110 Å². The van der Waals surface area contributed by atoms with Gasteiger partial charge in [0, 0.05) is 37.4 Å². The Balaban J connectivity index is 0.000000612. The minimum atomic E-state index is -5.08. The molecular weight excluding hydrogens is 545 g/mol. The summed E-state index contributed by atoms with van der Waals surface area (Å²) in [5, 5.41) is 10.5. The number of alkyl halides is 3. The molecule has 222 valence electrons. The Morgan fingerprint density at radius 1 is 0.842 bits per heavy atom. The van der Waals surface area contributed by atoms with Crippen molar-refractivity contribution >= 4 is 45.8 Å². The Bertz CT molecular complexity index is 746. The maximum Gasteiger partial charge on any atom is 0.490 e. The van der Waals surface area contributed by atoms with Crippen LogP contribution in [0.4, 0.5) is 18.0 Å². The van der Waals surface area contributed by atoms with E-state index in [0.29, 0.717) is 12.0 Å². The van der Waals surface area contributed by atoms with Gasteiger partial charge in [-0.25, -0.2) is 9.59 Å². The summed E-state index contributed by atoms with van der Waals surface area (Å²) < 4.78 is 37.0. The van der Waals surface area contributed by atoms with Crippen molar-refractivity contribution in [3.8, 4) is 0 Å². The molecule has 4 N–H and O–H groups in total. The van der Waals surface area contributed by atoms with Gasteiger partial charge < -0.3 is 20.9 Å². The van der Waals surface area contributed by atoms with Crippen LogP contribution >= 0.6 is 23.5 Å². The topological polar surface area (TPSA) is 136 Å². The number of ether oxygens (including phenoxy) is 1. The van der Waals surface area contributed by atoms with Crippen LogP contribution in [0.3, 0.4) is 0 Å². The van der Waals surface area contributed by atoms with E-state index in [1.807, 2.05) is 20.8 Å². The molecule has 0 aromatic carbocycles. The van der Waals surface area contributed by atoms with Crippen molar-refractivity contribution in [1.82, 2.24) is 5.32 Å². The van der Waals surface area contributed by atoms with E-state index < -0.39 is 17.7 Å². The zero-order chi connectivity index (χ0) is 29.5. The third-order valence-corrected chi connectivity index (χ3v) is 7.84. The predicted octanol–water partition coefficient (Wildman–Crippen LogP) is 5.77. The molecule has 2 aliphatic rings. The summed E-state index contributed by atoms with van der Waals surface area (Å²) in [5.74, 6) is 0.494. The fourth-order valence-corrected chi connectivity index (χ4v) is 5.38. The predicted molar refractivity (Wildman–Crippen MR) is 145 cm³/mol. The van der Waals surface area contributed by atoms with Crippen LogP contribution in [-0.2, 0) is 19.1 Å². The van der Waals surface area contributed by atoms with Gasteiger partial charge in [0.2, 0.25) is 0 Å². The van der Waals surface area contributed by atoms with E-state index in [1.165, 1.54) is 36.4 Å². The highest BCUT2D eigenvalue weighted by molar-refractivity contribution is 8.13. The molecule has 2 aliphatic carbocycles. The first-order chi connectivity index (χ1) is 17.4. The number of carbonyl (C=O) groups is 4. The van der Waals surface area contributed by atoms with Gasteiger partial charge in [0.1, 0.15) is 5.60 Å². The first kappa shape index (κ1) is 36.5. The number of rotatable bonds is 5. The Hall–Kier alpha value is -1.47. The number of thioether (sulfide) groups is 2. The van der Waals surface area contributed by atoms with Gasteiger partial charge >= 0.3 is 18.2 Å². The zero-order valence-corrected chi connectivity index (χ0v) is 24.5. The monoisotopic (exact) mass is 588 g/mol. The second-order valence-electron chi connectivity index (χ2n) is 10.6. The molecule has 0 aromatic heterocycles. The fourth-order valence-electron chi connectivity index (χ4n) is 3.77. The van der Waals surface area contributed by atoms with Crippen LogP contribution in [0.2, 0.25) is 0 Å². The van der Waals surface area contributed by atoms with Gasteiger partial charge in [-0.1, -0.05) is 23.5 Å². The van der Waals surface area contributed by atoms with Crippen molar-refractivity contribution in [2.75, 3.05) is 11.5 Å². The summed E-state index contributed by atoms with van der Waals surface area (Å²) in [4.78, 5) is 42.1. The van der Waals surface area contributed by atoms with E-state index in [2.05, 4.69) is 5.32 Å². The van der Waals surface area contributed by atoms with Crippen LogP contribution in [0, 0.1) is 11.8 Å². The van der Waals surface area contributed by atoms with E-state index in [1.54, 1.807) is 13.8 Å². The van der Waals surface area contributed by atoms with E-state index >= 15 is 0 Å². The highest BCUT2D eigenvalue weighted by atomic mass is 32.2. The summed E-state index contributed by atoms with van der Waals surface area (Å²) in [6.07, 6.45) is 3.38. The second-order valence-corrected chi connectivity index (χ2v) is 12.9. The third kappa shape index (κ3) is 20.5. The normalized spacial score (nSPS) is 23.5. The molecule has 0 aliphatic heterocycles. The SMILES string of the molecule is CC(=O)SCC1CCC(N)CC1.CC(=O)SCC1CCC(NC(=O)OC(C)(C)C)CC1.O=C(O)C(F)(F)F. The molecule has 0 aromatic rings. The van der Waals surface area contributed by atoms with E-state index in [-0.39, 0.29) is 22.4 Å². The van der Waals surface area contributed by atoms with E-state index in [9.17, 15) is 27.6 Å². The molecule has 0 saturated heterocycles. The second kappa shape index (κ2) is 18.0. The van der Waals surface area contributed by atoms with Gasteiger partial charge in [0.05, 0.1) is 0 Å². The number of carbonyl (C=O) groups excluding carboxylic acids is 3. The lowest BCUT2D eigenvalue weighted by molar-refractivity contribution is -0.192. The number of amides is 1. The van der Waals surface area contributed by atoms with Crippen LogP contribution < -0.4 is 11.1 Å². The largest absolute Gasteiger partial charge is 0.490 e. The van der Waals surface area contributed by atoms with Crippen LogP contribution in [0.5, 0.6) is 0 Å². The van der Waals surface area contributed by atoms with Crippen molar-refractivity contribution < 1.29 is 42.2 Å². The summed E-state index contributed by atoms with van der Waals surface area (Å²) in [7, 11) is 0. The van der Waals surface area contributed by atoms with Gasteiger partial charge in [0.15, 0.2) is 10.2 Å². The molecule has 13 heteroatoms. The lowest BCUT2D eigenvalue weighted by atomic mass is 9.87. The lowest BCUT2D eigenvalue weighted by Gasteiger charge is -2.29. The van der Waals surface area contributed by atoms with Gasteiger partial charge in [-0.3, -0.25) is 9.59 Å². The molecule has 1 amide bonds. The fraction of sp³-hybridized carbons (Fsp3) is 0.840. The zero-order valence-electron chi connectivity index (χ0n) is 22.9. The molecule has 2 saturated carbocycles. The average molecular weight is 589 g/mol. The minimum Gasteiger partial charge on any atom is -0.475 e. The first-order valence-electron chi connectivity index (χ1n) is 12.7. The van der Waals surface area contributed by atoms with Crippen LogP contribution in [0.15, 0.2) is 0 Å². The molecule has 0 atom stereocenters. The molecule has 2 fully saturated rings. The van der Waals surface area contributed by atoms with Crippen LogP contribution in [0.25, 0.3) is 0 Å². The first-order valence-corrected chi connectivity index (χ1v) is 14.7. The highest BCUT2D eigenvalue weighted by Gasteiger charge is 2.38. The number of carboxylic acid groups (broad SMARTS) is 1. The van der Waals surface area contributed by atoms with E-state index in [0.717, 1.165) is 55.9 Å². The number of halogens is 3. The number of hydrogen-bond donors (Lipinski definition) is 3. The summed E-state index contributed by atoms with van der Waals surface area (Å²) in [6.45, 7) is 8.84. The number of carboxylic acids is 1. The van der Waals surface area contributed by atoms with E-state index in [4.69, 9.17) is 20.4 Å². The average Bonchev–Trinajstić information content (AvgIpc) is 2.77. The Morgan fingerprint density at radius 3 is 1.53 bits per heavy atom. The van der Waals surface area contributed by atoms with Crippen molar-refractivity contribution in [1.29, 1.82) is 0 Å². The third-order valence-electron chi connectivity index (χ3n) is 5.75. The molecule has 0 spiro atoms. The van der Waals surface area contributed by atoms with Gasteiger partial charge in [0.25, 0.3) is 0 Å². The molecular formula is C25H43F3N2O6S2. The molecule has 0 heterocycles. The summed E-state index contributed by atoms with van der Waals surface area (Å²) >= 11 is 2.87. The number of hydrogen-bond acceptors (Lipinski definition) is 8. The molecule has 0 unspecified atom stereocenters. The summed E-state index contributed by atoms with van der Waals surface area (Å²) in [5.41, 5.74) is 5.33. The van der Waals surface area contributed by atoms with Gasteiger partial charge in [-0.05, 0) is 84.0 Å². The number of aliphatic carboxylic acids is 1. The number of nitrogens with one attached hydrogen (secondary N) is 1. The van der Waals surface area contributed by atoms with Crippen molar-refractivity contribution in [3.63, 3.8) is 0 Å². The maximum atomic E-state index is 11.6.